The first kappa shape index (κ1) is 18.3. The number of ether oxygens (including phenoxy) is 2. The zero-order valence-electron chi connectivity index (χ0n) is 16.3. The van der Waals surface area contributed by atoms with Crippen molar-refractivity contribution in [3.8, 4) is 22.8 Å². The Bertz CT molecular complexity index is 1130. The van der Waals surface area contributed by atoms with E-state index in [-0.39, 0.29) is 5.56 Å². The monoisotopic (exact) mass is 393 g/mol. The maximum Gasteiger partial charge on any atom is 0.272 e. The topological polar surface area (TPSA) is 87.7 Å². The van der Waals surface area contributed by atoms with Crippen molar-refractivity contribution in [1.82, 2.24) is 15.1 Å². The Balaban J connectivity index is 1.44. The van der Waals surface area contributed by atoms with Crippen molar-refractivity contribution < 1.29 is 14.6 Å². The highest BCUT2D eigenvalue weighted by Gasteiger charge is 2.32. The summed E-state index contributed by atoms with van der Waals surface area (Å²) in [5, 5.41) is 18.7. The minimum Gasteiger partial charge on any atom is -0.456 e. The fourth-order valence-corrected chi connectivity index (χ4v) is 4.27. The summed E-state index contributed by atoms with van der Waals surface area (Å²) in [4.78, 5) is 14.5. The number of nitrogens with one attached hydrogen (secondary N) is 1. The Hall–Kier alpha value is -2.74. The normalized spacial score (nSPS) is 17.7. The van der Waals surface area contributed by atoms with Gasteiger partial charge < -0.3 is 14.6 Å². The lowest BCUT2D eigenvalue weighted by Crippen LogP contribution is -2.45. The number of H-pyrrole nitrogens is 1. The first-order valence-electron chi connectivity index (χ1n) is 9.97. The van der Waals surface area contributed by atoms with E-state index in [4.69, 9.17) is 9.47 Å². The molecular formula is C22H23N3O4. The van der Waals surface area contributed by atoms with E-state index in [1.807, 2.05) is 25.1 Å². The van der Waals surface area contributed by atoms with Gasteiger partial charge in [-0.25, -0.2) is 5.10 Å². The molecule has 29 heavy (non-hydrogen) atoms. The fraction of sp³-hybridized carbons (Fsp3) is 0.364. The largest absolute Gasteiger partial charge is 0.456 e. The molecule has 2 N–H and O–H groups in total. The zero-order chi connectivity index (χ0) is 20.0. The third kappa shape index (κ3) is 3.21. The van der Waals surface area contributed by atoms with Gasteiger partial charge in [-0.05, 0) is 36.8 Å². The van der Waals surface area contributed by atoms with E-state index < -0.39 is 5.79 Å². The van der Waals surface area contributed by atoms with Crippen molar-refractivity contribution in [3.05, 3.63) is 52.3 Å². The summed E-state index contributed by atoms with van der Waals surface area (Å²) in [5.41, 5.74) is 2.53. The summed E-state index contributed by atoms with van der Waals surface area (Å²) in [7, 11) is 0. The van der Waals surface area contributed by atoms with E-state index in [1.165, 1.54) is 0 Å². The molecule has 0 spiro atoms. The molecule has 3 heterocycles. The number of aliphatic hydroxyl groups is 1. The van der Waals surface area contributed by atoms with Crippen LogP contribution in [-0.4, -0.2) is 45.7 Å². The van der Waals surface area contributed by atoms with Gasteiger partial charge in [0.1, 0.15) is 17.2 Å². The molecule has 3 aromatic rings. The number of likely N-dealkylation sites (tertiary alicyclic amines) is 1. The zero-order valence-corrected chi connectivity index (χ0v) is 16.3. The van der Waals surface area contributed by atoms with Crippen molar-refractivity contribution in [2.24, 2.45) is 0 Å². The summed E-state index contributed by atoms with van der Waals surface area (Å²) >= 11 is 0. The highest BCUT2D eigenvalue weighted by atomic mass is 16.6. The van der Waals surface area contributed by atoms with Gasteiger partial charge in [0.15, 0.2) is 5.79 Å². The average molecular weight is 393 g/mol. The van der Waals surface area contributed by atoms with E-state index in [9.17, 15) is 9.90 Å². The number of nitrogens with zero attached hydrogens (tertiary/aromatic N) is 2. The van der Waals surface area contributed by atoms with Crippen LogP contribution >= 0.6 is 0 Å². The molecule has 0 amide bonds. The predicted molar refractivity (Wildman–Crippen MR) is 109 cm³/mol. The quantitative estimate of drug-likeness (QED) is 0.518. The number of hydrogen-bond donors (Lipinski definition) is 2. The van der Waals surface area contributed by atoms with Crippen LogP contribution in [0.5, 0.6) is 11.5 Å². The van der Waals surface area contributed by atoms with E-state index in [1.54, 1.807) is 6.07 Å². The lowest BCUT2D eigenvalue weighted by Gasteiger charge is -2.37. The van der Waals surface area contributed by atoms with E-state index in [0.29, 0.717) is 30.6 Å². The molecule has 1 aromatic heterocycles. The van der Waals surface area contributed by atoms with Crippen LogP contribution in [0.2, 0.25) is 0 Å². The maximum atomic E-state index is 12.2. The van der Waals surface area contributed by atoms with Crippen molar-refractivity contribution in [2.45, 2.75) is 32.1 Å². The molecule has 0 atom stereocenters. The van der Waals surface area contributed by atoms with Gasteiger partial charge in [-0.1, -0.05) is 12.1 Å². The Labute approximate surface area is 167 Å². The minimum absolute atomic E-state index is 0.219. The van der Waals surface area contributed by atoms with Crippen LogP contribution in [0.4, 0.5) is 0 Å². The molecule has 0 aliphatic carbocycles. The van der Waals surface area contributed by atoms with Crippen LogP contribution in [0.3, 0.4) is 0 Å². The molecule has 0 radical (unpaired) electrons. The number of benzene rings is 2. The second-order valence-electron chi connectivity index (χ2n) is 7.67. The van der Waals surface area contributed by atoms with Crippen LogP contribution < -0.4 is 10.3 Å². The van der Waals surface area contributed by atoms with Gasteiger partial charge in [-0.15, -0.1) is 0 Å². The van der Waals surface area contributed by atoms with Gasteiger partial charge in [-0.3, -0.25) is 9.69 Å². The van der Waals surface area contributed by atoms with Crippen LogP contribution in [0, 0.1) is 0 Å². The average Bonchev–Trinajstić information content (AvgIpc) is 2.72. The summed E-state index contributed by atoms with van der Waals surface area (Å²) in [5.74, 6) is 0.393. The van der Waals surface area contributed by atoms with Gasteiger partial charge in [0.05, 0.1) is 10.8 Å². The fourth-order valence-electron chi connectivity index (χ4n) is 4.27. The van der Waals surface area contributed by atoms with E-state index in [2.05, 4.69) is 27.2 Å². The highest BCUT2D eigenvalue weighted by Crippen LogP contribution is 2.44. The van der Waals surface area contributed by atoms with Gasteiger partial charge in [0, 0.05) is 44.6 Å². The standard InChI is InChI=1S/C22H23N3O4/c1-2-28-22(27)8-10-25(11-9-22)13-14-6-7-17-16(12-14)20-19-15(21(26)24-23-20)4-3-5-18(19)29-17/h3-7,12,27H,2,8-11,13H2,1H3,(H,24,26). The van der Waals surface area contributed by atoms with E-state index >= 15 is 0 Å². The van der Waals surface area contributed by atoms with Crippen molar-refractivity contribution in [2.75, 3.05) is 19.7 Å². The van der Waals surface area contributed by atoms with Crippen molar-refractivity contribution >= 4 is 10.8 Å². The smallest absolute Gasteiger partial charge is 0.272 e. The molecular weight excluding hydrogens is 370 g/mol. The Morgan fingerprint density at radius 3 is 2.86 bits per heavy atom. The molecule has 1 fully saturated rings. The molecule has 1 saturated heterocycles. The van der Waals surface area contributed by atoms with Crippen molar-refractivity contribution in [1.29, 1.82) is 0 Å². The Morgan fingerprint density at radius 1 is 1.24 bits per heavy atom. The Morgan fingerprint density at radius 2 is 2.07 bits per heavy atom. The molecule has 0 bridgehead atoms. The Kier molecular flexibility index (Phi) is 4.38. The number of aromatic nitrogens is 2. The third-order valence-corrected chi connectivity index (χ3v) is 5.75. The van der Waals surface area contributed by atoms with Gasteiger partial charge in [-0.2, -0.15) is 5.10 Å². The maximum absolute atomic E-state index is 12.2. The van der Waals surface area contributed by atoms with Gasteiger partial charge in [0.2, 0.25) is 0 Å². The first-order valence-corrected chi connectivity index (χ1v) is 9.97. The summed E-state index contributed by atoms with van der Waals surface area (Å²) in [6.45, 7) is 4.73. The van der Waals surface area contributed by atoms with Crippen LogP contribution in [-0.2, 0) is 11.3 Å². The van der Waals surface area contributed by atoms with Gasteiger partial charge >= 0.3 is 0 Å². The summed E-state index contributed by atoms with van der Waals surface area (Å²) in [6.07, 6.45) is 1.20. The lowest BCUT2D eigenvalue weighted by molar-refractivity contribution is -0.224. The number of rotatable bonds is 4. The number of hydrogen-bond acceptors (Lipinski definition) is 6. The summed E-state index contributed by atoms with van der Waals surface area (Å²) in [6, 6.07) is 11.6. The molecule has 7 nitrogen and oxygen atoms in total. The number of piperidine rings is 1. The molecule has 0 unspecified atom stereocenters. The molecule has 0 saturated carbocycles. The second-order valence-corrected chi connectivity index (χ2v) is 7.67. The molecule has 7 heteroatoms. The molecule has 2 aromatic carbocycles. The summed E-state index contributed by atoms with van der Waals surface area (Å²) < 4.78 is 11.5. The third-order valence-electron chi connectivity index (χ3n) is 5.75. The molecule has 2 aliphatic rings. The number of fused-ring (bicyclic) bond motifs is 2. The SMILES string of the molecule is CCOC1(O)CCN(Cc2ccc3c(c2)-c2n[nH]c(=O)c4cccc(c24)O3)CC1. The van der Waals surface area contributed by atoms with Crippen LogP contribution in [0.15, 0.2) is 41.2 Å². The highest BCUT2D eigenvalue weighted by molar-refractivity contribution is 6.01. The van der Waals surface area contributed by atoms with Crippen LogP contribution in [0.1, 0.15) is 25.3 Å². The second kappa shape index (κ2) is 6.95. The minimum atomic E-state index is -0.996. The lowest BCUT2D eigenvalue weighted by atomic mass is 9.98. The first-order chi connectivity index (χ1) is 14.1. The van der Waals surface area contributed by atoms with Crippen LogP contribution in [0.25, 0.3) is 22.0 Å². The van der Waals surface area contributed by atoms with Gasteiger partial charge in [0.25, 0.3) is 5.56 Å². The number of aromatic amines is 1. The molecule has 2 aliphatic heterocycles. The van der Waals surface area contributed by atoms with Crippen molar-refractivity contribution in [3.63, 3.8) is 0 Å². The molecule has 150 valence electrons. The predicted octanol–water partition coefficient (Wildman–Crippen LogP) is 3.02. The van der Waals surface area contributed by atoms with E-state index in [0.717, 1.165) is 47.6 Å². The molecule has 5 rings (SSSR count).